The molecule has 0 spiro atoms. The van der Waals surface area contributed by atoms with E-state index in [1.54, 1.807) is 6.08 Å². The zero-order valence-electron chi connectivity index (χ0n) is 13.9. The van der Waals surface area contributed by atoms with Crippen molar-refractivity contribution in [1.29, 1.82) is 0 Å². The Morgan fingerprint density at radius 3 is 2.35 bits per heavy atom. The molecule has 133 valence electrons. The van der Waals surface area contributed by atoms with Crippen molar-refractivity contribution in [2.75, 3.05) is 13.2 Å². The van der Waals surface area contributed by atoms with Gasteiger partial charge in [0.1, 0.15) is 18.7 Å². The first kappa shape index (κ1) is 23.4. The smallest absolute Gasteiger partial charge is 0.300 e. The van der Waals surface area contributed by atoms with Crippen molar-refractivity contribution in [3.63, 3.8) is 0 Å². The zero-order chi connectivity index (χ0) is 17.0. The summed E-state index contributed by atoms with van der Waals surface area (Å²) in [4.78, 5) is 18.2. The minimum Gasteiger partial charge on any atom is -0.489 e. The summed E-state index contributed by atoms with van der Waals surface area (Å²) < 4.78 is 5.60. The Morgan fingerprint density at radius 2 is 1.91 bits per heavy atom. The van der Waals surface area contributed by atoms with Gasteiger partial charge in [0, 0.05) is 24.0 Å². The summed E-state index contributed by atoms with van der Waals surface area (Å²) in [5.74, 6) is 0.0617. The number of aliphatic carboxylic acids is 1. The summed E-state index contributed by atoms with van der Waals surface area (Å²) in [7, 11) is 0. The van der Waals surface area contributed by atoms with Crippen LogP contribution in [-0.4, -0.2) is 30.6 Å². The number of aryl methyl sites for hydroxylation is 2. The van der Waals surface area contributed by atoms with E-state index in [2.05, 4.69) is 17.1 Å². The Bertz CT molecular complexity index is 492. The molecule has 1 radical (unpaired) electrons. The van der Waals surface area contributed by atoms with E-state index in [1.165, 1.54) is 6.34 Å². The van der Waals surface area contributed by atoms with E-state index < -0.39 is 5.97 Å². The molecule has 0 fully saturated rings. The van der Waals surface area contributed by atoms with Crippen LogP contribution in [0.5, 0.6) is 5.75 Å². The summed E-state index contributed by atoms with van der Waals surface area (Å²) in [6.07, 6.45) is 3.26. The molecule has 0 saturated carbocycles. The number of nitrogens with one attached hydrogen (secondary N) is 1. The average Bonchev–Trinajstić information content (AvgIpc) is 2.42. The molecule has 0 heterocycles. The maximum absolute atomic E-state index is 9.00. The van der Waals surface area contributed by atoms with Crippen molar-refractivity contribution in [1.82, 2.24) is 5.48 Å². The second-order valence-electron chi connectivity index (χ2n) is 4.34. The van der Waals surface area contributed by atoms with Crippen molar-refractivity contribution in [3.8, 4) is 5.75 Å². The van der Waals surface area contributed by atoms with E-state index in [4.69, 9.17) is 19.5 Å². The van der Waals surface area contributed by atoms with Crippen molar-refractivity contribution in [2.24, 2.45) is 4.99 Å². The van der Waals surface area contributed by atoms with E-state index in [1.807, 2.05) is 32.9 Å². The second-order valence-corrected chi connectivity index (χ2v) is 4.34. The first-order chi connectivity index (χ1) is 10.4. The second kappa shape index (κ2) is 13.8. The Kier molecular flexibility index (Phi) is 14.1. The molecule has 0 unspecified atom stereocenters. The molecular weight excluding hydrogens is 348 g/mol. The minimum absolute atomic E-state index is 0. The number of carbonyl (C=O) groups is 1. The maximum atomic E-state index is 9.00. The number of hydrogen-bond donors (Lipinski definition) is 2. The van der Waals surface area contributed by atoms with E-state index in [0.29, 0.717) is 13.2 Å². The van der Waals surface area contributed by atoms with Crippen molar-refractivity contribution in [2.45, 2.75) is 27.7 Å². The van der Waals surface area contributed by atoms with Gasteiger partial charge in [-0.3, -0.25) is 15.1 Å². The Balaban J connectivity index is 0. The summed E-state index contributed by atoms with van der Waals surface area (Å²) in [5, 5.41) is 7.42. The minimum atomic E-state index is -0.833. The fraction of sp³-hybridized carbons (Fsp3) is 0.375. The zero-order valence-corrected chi connectivity index (χ0v) is 14.8. The van der Waals surface area contributed by atoms with Crippen LogP contribution in [0.4, 0.5) is 5.69 Å². The number of hydrogen-bond acceptors (Lipinski definition) is 4. The number of ether oxygens (including phenoxy) is 1. The normalized spacial score (nSPS) is 9.39. The van der Waals surface area contributed by atoms with Crippen LogP contribution in [0.25, 0.3) is 0 Å². The number of rotatable bonds is 7. The molecule has 7 heteroatoms. The molecule has 1 aromatic rings. The first-order valence-electron chi connectivity index (χ1n) is 6.86. The van der Waals surface area contributed by atoms with Crippen LogP contribution in [-0.2, 0) is 26.7 Å². The monoisotopic (exact) mass is 371 g/mol. The predicted molar refractivity (Wildman–Crippen MR) is 87.8 cm³/mol. The van der Waals surface area contributed by atoms with Crippen molar-refractivity contribution >= 4 is 18.0 Å². The van der Waals surface area contributed by atoms with Crippen LogP contribution in [0.1, 0.15) is 25.0 Å². The fourth-order valence-electron chi connectivity index (χ4n) is 1.59. The third-order valence-electron chi connectivity index (χ3n) is 2.28. The molecule has 23 heavy (non-hydrogen) atoms. The van der Waals surface area contributed by atoms with Gasteiger partial charge in [0.15, 0.2) is 0 Å². The average molecular weight is 372 g/mol. The van der Waals surface area contributed by atoms with Crippen LogP contribution in [0, 0.1) is 13.8 Å². The van der Waals surface area contributed by atoms with Crippen LogP contribution in [0.3, 0.4) is 0 Å². The fourth-order valence-corrected chi connectivity index (χ4v) is 1.59. The van der Waals surface area contributed by atoms with E-state index in [0.717, 1.165) is 29.5 Å². The summed E-state index contributed by atoms with van der Waals surface area (Å²) in [5.41, 5.74) is 5.61. The van der Waals surface area contributed by atoms with Crippen LogP contribution < -0.4 is 10.2 Å². The number of carboxylic acids is 1. The number of hydroxylamine groups is 1. The SMILES string of the molecule is C=CCOc1c(C)cc(N=CNOCC)cc1C.CC(=O)O.[Cu]. The van der Waals surface area contributed by atoms with Gasteiger partial charge in [-0.25, -0.2) is 4.99 Å². The summed E-state index contributed by atoms with van der Waals surface area (Å²) in [6, 6.07) is 3.94. The molecule has 0 saturated heterocycles. The summed E-state index contributed by atoms with van der Waals surface area (Å²) in [6.45, 7) is 11.7. The van der Waals surface area contributed by atoms with Crippen LogP contribution in [0.2, 0.25) is 0 Å². The topological polar surface area (TPSA) is 80.1 Å². The predicted octanol–water partition coefficient (Wildman–Crippen LogP) is 3.16. The molecule has 0 aromatic heterocycles. The third kappa shape index (κ3) is 11.4. The quantitative estimate of drug-likeness (QED) is 0.192. The maximum Gasteiger partial charge on any atom is 0.300 e. The van der Waals surface area contributed by atoms with Gasteiger partial charge >= 0.3 is 0 Å². The first-order valence-corrected chi connectivity index (χ1v) is 6.86. The third-order valence-corrected chi connectivity index (χ3v) is 2.28. The molecule has 0 bridgehead atoms. The Labute approximate surface area is 148 Å². The van der Waals surface area contributed by atoms with Gasteiger partial charge in [0.2, 0.25) is 0 Å². The van der Waals surface area contributed by atoms with Gasteiger partial charge in [-0.1, -0.05) is 12.7 Å². The molecule has 1 rings (SSSR count). The van der Waals surface area contributed by atoms with Gasteiger partial charge in [0.05, 0.1) is 12.3 Å². The molecular formula is C16H24CuN2O4. The van der Waals surface area contributed by atoms with E-state index >= 15 is 0 Å². The van der Waals surface area contributed by atoms with E-state index in [-0.39, 0.29) is 17.1 Å². The molecule has 0 amide bonds. The molecule has 0 aliphatic rings. The van der Waals surface area contributed by atoms with Gasteiger partial charge in [-0.15, -0.1) is 0 Å². The molecule has 2 N–H and O–H groups in total. The molecule has 6 nitrogen and oxygen atoms in total. The van der Waals surface area contributed by atoms with Gasteiger partial charge in [-0.2, -0.15) is 0 Å². The van der Waals surface area contributed by atoms with Gasteiger partial charge in [0.25, 0.3) is 5.97 Å². The Morgan fingerprint density at radius 1 is 1.39 bits per heavy atom. The molecule has 1 aromatic carbocycles. The van der Waals surface area contributed by atoms with Crippen molar-refractivity contribution in [3.05, 3.63) is 35.9 Å². The molecule has 0 aliphatic carbocycles. The number of nitrogens with zero attached hydrogens (tertiary/aromatic N) is 1. The molecule has 0 atom stereocenters. The Hall–Kier alpha value is -1.82. The molecule has 0 aliphatic heterocycles. The largest absolute Gasteiger partial charge is 0.489 e. The summed E-state index contributed by atoms with van der Waals surface area (Å²) >= 11 is 0. The van der Waals surface area contributed by atoms with E-state index in [9.17, 15) is 0 Å². The number of carboxylic acid groups (broad SMARTS) is 1. The van der Waals surface area contributed by atoms with Gasteiger partial charge in [-0.05, 0) is 44.0 Å². The van der Waals surface area contributed by atoms with Crippen molar-refractivity contribution < 1.29 is 36.5 Å². The van der Waals surface area contributed by atoms with Gasteiger partial charge < -0.3 is 9.84 Å². The van der Waals surface area contributed by atoms with Crippen LogP contribution >= 0.6 is 0 Å². The van der Waals surface area contributed by atoms with Crippen LogP contribution in [0.15, 0.2) is 29.8 Å². The standard InChI is InChI=1S/C14H20N2O2.C2H4O2.Cu/c1-5-7-17-14-11(3)8-13(9-12(14)4)15-10-16-18-6-2;1-2(3)4;/h5,8-10H,1,6-7H2,2-4H3,(H,15,16);1H3,(H,3,4);. The number of benzene rings is 1. The number of aliphatic imine (C=N–C) groups is 1.